The molecule has 0 spiro atoms. The zero-order chi connectivity index (χ0) is 18.3. The van der Waals surface area contributed by atoms with Crippen molar-refractivity contribution in [2.75, 3.05) is 7.11 Å². The molecule has 0 radical (unpaired) electrons. The van der Waals surface area contributed by atoms with E-state index in [1.54, 1.807) is 24.3 Å². The highest BCUT2D eigenvalue weighted by Gasteiger charge is 2.32. The number of benzene rings is 2. The van der Waals surface area contributed by atoms with E-state index in [9.17, 15) is 9.50 Å². The van der Waals surface area contributed by atoms with Gasteiger partial charge in [-0.1, -0.05) is 56.3 Å². The van der Waals surface area contributed by atoms with Gasteiger partial charge in [0.2, 0.25) is 0 Å². The third-order valence-corrected chi connectivity index (χ3v) is 4.76. The molecule has 25 heavy (non-hydrogen) atoms. The van der Waals surface area contributed by atoms with Crippen molar-refractivity contribution in [3.8, 4) is 5.75 Å². The summed E-state index contributed by atoms with van der Waals surface area (Å²) in [5, 5.41) is 12.0. The van der Waals surface area contributed by atoms with Crippen molar-refractivity contribution in [3.05, 3.63) is 64.4 Å². The van der Waals surface area contributed by atoms with Crippen LogP contribution >= 0.6 is 11.6 Å². The summed E-state index contributed by atoms with van der Waals surface area (Å²) in [5.74, 6) is -0.0396. The van der Waals surface area contributed by atoms with Gasteiger partial charge in [-0.3, -0.25) is 0 Å². The average molecular weight is 365 g/mol. The van der Waals surface area contributed by atoms with Crippen molar-refractivity contribution >= 4 is 11.6 Å². The van der Waals surface area contributed by atoms with Crippen LogP contribution in [0.25, 0.3) is 0 Å². The van der Waals surface area contributed by atoms with Crippen LogP contribution < -0.4 is 4.74 Å². The topological polar surface area (TPSA) is 29.5 Å². The van der Waals surface area contributed by atoms with Gasteiger partial charge in [0.1, 0.15) is 17.2 Å². The molecule has 2 aromatic rings. The van der Waals surface area contributed by atoms with Gasteiger partial charge in [0, 0.05) is 11.1 Å². The molecule has 2 nitrogen and oxygen atoms in total. The second-order valence-electron chi connectivity index (χ2n) is 6.41. The lowest BCUT2D eigenvalue weighted by Gasteiger charge is -2.30. The third kappa shape index (κ3) is 5.20. The van der Waals surface area contributed by atoms with Crippen molar-refractivity contribution in [1.82, 2.24) is 0 Å². The van der Waals surface area contributed by atoms with E-state index in [0.717, 1.165) is 19.3 Å². The predicted octanol–water partition coefficient (Wildman–Crippen LogP) is 6.08. The van der Waals surface area contributed by atoms with Gasteiger partial charge >= 0.3 is 0 Å². The van der Waals surface area contributed by atoms with E-state index in [2.05, 4.69) is 6.92 Å². The first-order valence-electron chi connectivity index (χ1n) is 8.83. The van der Waals surface area contributed by atoms with Crippen LogP contribution in [0, 0.1) is 5.82 Å². The second kappa shape index (κ2) is 9.21. The molecular formula is C21H26ClFO2. The van der Waals surface area contributed by atoms with Crippen LogP contribution in [0.15, 0.2) is 42.5 Å². The second-order valence-corrected chi connectivity index (χ2v) is 6.85. The van der Waals surface area contributed by atoms with E-state index in [1.165, 1.54) is 32.1 Å². The Hall–Kier alpha value is -1.58. The van der Waals surface area contributed by atoms with Gasteiger partial charge in [-0.2, -0.15) is 0 Å². The van der Waals surface area contributed by atoms with Gasteiger partial charge in [0.15, 0.2) is 0 Å². The number of hydrogen-bond donors (Lipinski definition) is 1. The summed E-state index contributed by atoms with van der Waals surface area (Å²) in [6.07, 6.45) is 5.87. The maximum Gasteiger partial charge on any atom is 0.127 e. The van der Waals surface area contributed by atoms with E-state index < -0.39 is 11.4 Å². The molecule has 2 rings (SSSR count). The van der Waals surface area contributed by atoms with Crippen LogP contribution in [0.2, 0.25) is 5.02 Å². The average Bonchev–Trinajstić information content (AvgIpc) is 2.60. The molecule has 0 saturated heterocycles. The lowest BCUT2D eigenvalue weighted by molar-refractivity contribution is 0.0673. The van der Waals surface area contributed by atoms with E-state index in [4.69, 9.17) is 16.3 Å². The molecule has 0 amide bonds. The van der Waals surface area contributed by atoms with Gasteiger partial charge < -0.3 is 9.84 Å². The third-order valence-electron chi connectivity index (χ3n) is 4.53. The van der Waals surface area contributed by atoms with Crippen LogP contribution in [-0.4, -0.2) is 12.2 Å². The maximum absolute atomic E-state index is 14.0. The molecule has 0 aliphatic heterocycles. The van der Waals surface area contributed by atoms with Crippen molar-refractivity contribution < 1.29 is 14.2 Å². The summed E-state index contributed by atoms with van der Waals surface area (Å²) < 4.78 is 19.2. The van der Waals surface area contributed by atoms with Crippen molar-refractivity contribution in [1.29, 1.82) is 0 Å². The molecule has 1 N–H and O–H groups in total. The molecule has 4 heteroatoms. The lowest BCUT2D eigenvalue weighted by atomic mass is 9.82. The van der Waals surface area contributed by atoms with Gasteiger partial charge in [-0.15, -0.1) is 0 Å². The van der Waals surface area contributed by atoms with Gasteiger partial charge in [0.25, 0.3) is 0 Å². The van der Waals surface area contributed by atoms with Crippen molar-refractivity contribution in [2.45, 2.75) is 51.0 Å². The van der Waals surface area contributed by atoms with E-state index in [0.29, 0.717) is 28.3 Å². The monoisotopic (exact) mass is 364 g/mol. The van der Waals surface area contributed by atoms with Gasteiger partial charge in [-0.05, 0) is 48.2 Å². The van der Waals surface area contributed by atoms with Crippen LogP contribution in [0.3, 0.4) is 0 Å². The number of aliphatic hydroxyl groups is 1. The Balaban J connectivity index is 2.36. The SMILES string of the molecule is CCCCCCCC(O)(c1cccc(Cl)c1)c1cc(F)cc(OC)c1. The summed E-state index contributed by atoms with van der Waals surface area (Å²) >= 11 is 6.12. The standard InChI is InChI=1S/C21H26ClFO2/c1-3-4-5-6-7-11-21(24,16-9-8-10-18(22)12-16)17-13-19(23)15-20(14-17)25-2/h8-10,12-15,24H,3-7,11H2,1-2H3. The first-order valence-corrected chi connectivity index (χ1v) is 9.21. The zero-order valence-electron chi connectivity index (χ0n) is 14.9. The molecule has 0 fully saturated rings. The Morgan fingerprint density at radius 3 is 2.48 bits per heavy atom. The quantitative estimate of drug-likeness (QED) is 0.546. The van der Waals surface area contributed by atoms with E-state index in [1.807, 2.05) is 6.07 Å². The molecule has 0 aliphatic carbocycles. The minimum absolute atomic E-state index is 0.390. The van der Waals surface area contributed by atoms with Crippen LogP contribution in [0.4, 0.5) is 4.39 Å². The number of hydrogen-bond acceptors (Lipinski definition) is 2. The molecule has 1 atom stereocenters. The summed E-state index contributed by atoms with van der Waals surface area (Å²) in [6, 6.07) is 11.5. The Morgan fingerprint density at radius 1 is 1.04 bits per heavy atom. The summed E-state index contributed by atoms with van der Waals surface area (Å²) in [7, 11) is 1.49. The Bertz CT molecular complexity index is 689. The largest absolute Gasteiger partial charge is 0.497 e. The Morgan fingerprint density at radius 2 is 1.80 bits per heavy atom. The van der Waals surface area contributed by atoms with Crippen molar-refractivity contribution in [3.63, 3.8) is 0 Å². The fourth-order valence-corrected chi connectivity index (χ4v) is 3.30. The smallest absolute Gasteiger partial charge is 0.127 e. The number of ether oxygens (including phenoxy) is 1. The highest BCUT2D eigenvalue weighted by Crippen LogP contribution is 2.37. The normalized spacial score (nSPS) is 13.5. The Labute approximate surface area is 154 Å². The summed E-state index contributed by atoms with van der Waals surface area (Å²) in [6.45, 7) is 2.17. The summed E-state index contributed by atoms with van der Waals surface area (Å²) in [4.78, 5) is 0. The number of rotatable bonds is 9. The molecule has 0 aromatic heterocycles. The molecular weight excluding hydrogens is 339 g/mol. The molecule has 0 aliphatic rings. The molecule has 136 valence electrons. The minimum Gasteiger partial charge on any atom is -0.497 e. The zero-order valence-corrected chi connectivity index (χ0v) is 15.7. The van der Waals surface area contributed by atoms with Crippen molar-refractivity contribution in [2.24, 2.45) is 0 Å². The van der Waals surface area contributed by atoms with Crippen LogP contribution in [-0.2, 0) is 5.60 Å². The predicted molar refractivity (Wildman–Crippen MR) is 101 cm³/mol. The number of unbranched alkanes of at least 4 members (excludes halogenated alkanes) is 4. The Kier molecular flexibility index (Phi) is 7.27. The molecule has 0 saturated carbocycles. The highest BCUT2D eigenvalue weighted by molar-refractivity contribution is 6.30. The first-order chi connectivity index (χ1) is 12.0. The lowest BCUT2D eigenvalue weighted by Crippen LogP contribution is -2.27. The fraction of sp³-hybridized carbons (Fsp3) is 0.429. The maximum atomic E-state index is 14.0. The molecule has 0 bridgehead atoms. The number of methoxy groups -OCH3 is 1. The van der Waals surface area contributed by atoms with Crippen LogP contribution in [0.5, 0.6) is 5.75 Å². The van der Waals surface area contributed by atoms with Crippen LogP contribution in [0.1, 0.15) is 56.6 Å². The minimum atomic E-state index is -1.30. The number of halogens is 2. The highest BCUT2D eigenvalue weighted by atomic mass is 35.5. The fourth-order valence-electron chi connectivity index (χ4n) is 3.10. The van der Waals surface area contributed by atoms with Gasteiger partial charge in [-0.25, -0.2) is 4.39 Å². The molecule has 2 aromatic carbocycles. The molecule has 0 heterocycles. The van der Waals surface area contributed by atoms with E-state index in [-0.39, 0.29) is 0 Å². The first kappa shape index (κ1) is 19.7. The van der Waals surface area contributed by atoms with Gasteiger partial charge in [0.05, 0.1) is 7.11 Å². The molecule has 1 unspecified atom stereocenters. The van der Waals surface area contributed by atoms with E-state index >= 15 is 0 Å². The summed E-state index contributed by atoms with van der Waals surface area (Å²) in [5.41, 5.74) is -0.141.